The number of benzene rings is 1. The summed E-state index contributed by atoms with van der Waals surface area (Å²) in [7, 11) is 1.87. The summed E-state index contributed by atoms with van der Waals surface area (Å²) >= 11 is 3.29. The van der Waals surface area contributed by atoms with Crippen LogP contribution in [0.5, 0.6) is 0 Å². The molecule has 2 aromatic heterocycles. The molecule has 0 atom stereocenters. The smallest absolute Gasteiger partial charge is 0.248 e. The quantitative estimate of drug-likeness (QED) is 0.798. The van der Waals surface area contributed by atoms with Gasteiger partial charge in [0.05, 0.1) is 21.7 Å². The lowest BCUT2D eigenvalue weighted by atomic mass is 10.3. The van der Waals surface area contributed by atoms with E-state index in [-0.39, 0.29) is 12.5 Å². The number of carbonyl (C=O) groups is 1. The molecule has 20 heavy (non-hydrogen) atoms. The number of hydrogen-bond acceptors (Lipinski definition) is 3. The minimum absolute atomic E-state index is 0.148. The van der Waals surface area contributed by atoms with Crippen LogP contribution in [0.1, 0.15) is 0 Å². The maximum absolute atomic E-state index is 12.0. The molecule has 0 saturated carbocycles. The molecule has 102 valence electrons. The Kier molecular flexibility index (Phi) is 3.27. The molecule has 0 spiro atoms. The maximum Gasteiger partial charge on any atom is 0.248 e. The molecule has 6 nitrogen and oxygen atoms in total. The fraction of sp³-hybridized carbons (Fsp3) is 0.154. The van der Waals surface area contributed by atoms with Gasteiger partial charge in [-0.15, -0.1) is 0 Å². The highest BCUT2D eigenvalue weighted by atomic mass is 79.9. The molecule has 2 heterocycles. The van der Waals surface area contributed by atoms with E-state index in [0.29, 0.717) is 5.95 Å². The first-order chi connectivity index (χ1) is 9.63. The van der Waals surface area contributed by atoms with Gasteiger partial charge in [-0.2, -0.15) is 5.10 Å². The Morgan fingerprint density at radius 2 is 2.20 bits per heavy atom. The van der Waals surface area contributed by atoms with E-state index in [9.17, 15) is 4.79 Å². The van der Waals surface area contributed by atoms with E-state index in [4.69, 9.17) is 0 Å². The lowest BCUT2D eigenvalue weighted by Gasteiger charge is -2.05. The van der Waals surface area contributed by atoms with E-state index in [1.165, 1.54) is 0 Å². The first kappa shape index (κ1) is 12.9. The van der Waals surface area contributed by atoms with Crippen LogP contribution in [0.4, 0.5) is 5.95 Å². The van der Waals surface area contributed by atoms with Gasteiger partial charge in [-0.25, -0.2) is 4.98 Å². The molecule has 0 saturated heterocycles. The Hall–Kier alpha value is -2.15. The molecule has 7 heteroatoms. The van der Waals surface area contributed by atoms with E-state index in [1.807, 2.05) is 35.9 Å². The van der Waals surface area contributed by atoms with Gasteiger partial charge in [0.15, 0.2) is 0 Å². The molecule has 3 rings (SSSR count). The fourth-order valence-electron chi connectivity index (χ4n) is 1.99. The summed E-state index contributed by atoms with van der Waals surface area (Å²) in [6.45, 7) is 0.148. The van der Waals surface area contributed by atoms with Crippen LogP contribution in [0.15, 0.2) is 41.1 Å². The minimum Gasteiger partial charge on any atom is -0.313 e. The standard InChI is InChI=1S/C13H12BrN5O/c1-18-11-5-3-2-4-10(11)16-13(18)17-12(20)8-19-7-9(14)6-15-19/h2-7H,8H2,1H3,(H,16,17,20). The molecule has 0 unspecified atom stereocenters. The molecule has 1 N–H and O–H groups in total. The van der Waals surface area contributed by atoms with E-state index >= 15 is 0 Å². The minimum atomic E-state index is -0.168. The Bertz CT molecular complexity index is 776. The van der Waals surface area contributed by atoms with Gasteiger partial charge in [0.25, 0.3) is 0 Å². The number of para-hydroxylation sites is 2. The van der Waals surface area contributed by atoms with E-state index in [1.54, 1.807) is 17.1 Å². The first-order valence-electron chi connectivity index (χ1n) is 6.03. The summed E-state index contributed by atoms with van der Waals surface area (Å²) < 4.78 is 4.25. The zero-order valence-electron chi connectivity index (χ0n) is 10.7. The number of aromatic nitrogens is 4. The third-order valence-corrected chi connectivity index (χ3v) is 3.36. The SMILES string of the molecule is Cn1c(NC(=O)Cn2cc(Br)cn2)nc2ccccc21. The van der Waals surface area contributed by atoms with Gasteiger partial charge >= 0.3 is 0 Å². The predicted octanol–water partition coefficient (Wildman–Crippen LogP) is 2.17. The van der Waals surface area contributed by atoms with Crippen LogP contribution in [0.25, 0.3) is 11.0 Å². The third-order valence-electron chi connectivity index (χ3n) is 2.95. The number of hydrogen-bond donors (Lipinski definition) is 1. The molecule has 1 amide bonds. The Morgan fingerprint density at radius 1 is 1.40 bits per heavy atom. The Morgan fingerprint density at radius 3 is 2.90 bits per heavy atom. The number of fused-ring (bicyclic) bond motifs is 1. The van der Waals surface area contributed by atoms with Crippen molar-refractivity contribution in [2.24, 2.45) is 7.05 Å². The van der Waals surface area contributed by atoms with Gasteiger partial charge in [0.2, 0.25) is 11.9 Å². The van der Waals surface area contributed by atoms with Gasteiger partial charge < -0.3 is 4.57 Å². The largest absolute Gasteiger partial charge is 0.313 e. The number of rotatable bonds is 3. The summed E-state index contributed by atoms with van der Waals surface area (Å²) in [5.41, 5.74) is 1.83. The number of aryl methyl sites for hydroxylation is 1. The molecule has 3 aromatic rings. The maximum atomic E-state index is 12.0. The number of anilines is 1. The van der Waals surface area contributed by atoms with Crippen LogP contribution in [0.2, 0.25) is 0 Å². The molecule has 0 radical (unpaired) electrons. The summed E-state index contributed by atoms with van der Waals surface area (Å²) in [5, 5.41) is 6.84. The van der Waals surface area contributed by atoms with Gasteiger partial charge in [0, 0.05) is 13.2 Å². The lowest BCUT2D eigenvalue weighted by molar-refractivity contribution is -0.117. The van der Waals surface area contributed by atoms with E-state index < -0.39 is 0 Å². The van der Waals surface area contributed by atoms with Crippen LogP contribution in [-0.4, -0.2) is 25.2 Å². The number of nitrogens with zero attached hydrogens (tertiary/aromatic N) is 4. The average molecular weight is 334 g/mol. The van der Waals surface area contributed by atoms with Crippen molar-refractivity contribution in [2.45, 2.75) is 6.54 Å². The van der Waals surface area contributed by atoms with Crippen LogP contribution in [-0.2, 0) is 18.4 Å². The molecule has 0 aliphatic rings. The van der Waals surface area contributed by atoms with Crippen molar-refractivity contribution in [3.8, 4) is 0 Å². The lowest BCUT2D eigenvalue weighted by Crippen LogP contribution is -2.20. The Labute approximate surface area is 123 Å². The van der Waals surface area contributed by atoms with Gasteiger partial charge in [0.1, 0.15) is 6.54 Å². The second-order valence-electron chi connectivity index (χ2n) is 4.39. The predicted molar refractivity (Wildman–Crippen MR) is 79.3 cm³/mol. The first-order valence-corrected chi connectivity index (χ1v) is 6.82. The number of carbonyl (C=O) groups excluding carboxylic acids is 1. The highest BCUT2D eigenvalue weighted by molar-refractivity contribution is 9.10. The van der Waals surface area contributed by atoms with Gasteiger partial charge in [-0.1, -0.05) is 12.1 Å². The van der Waals surface area contributed by atoms with Crippen molar-refractivity contribution < 1.29 is 4.79 Å². The molecule has 1 aromatic carbocycles. The number of imidazole rings is 1. The monoisotopic (exact) mass is 333 g/mol. The summed E-state index contributed by atoms with van der Waals surface area (Å²) in [5.74, 6) is 0.362. The van der Waals surface area contributed by atoms with Crippen LogP contribution >= 0.6 is 15.9 Å². The number of halogens is 1. The topological polar surface area (TPSA) is 64.7 Å². The van der Waals surface area contributed by atoms with E-state index in [2.05, 4.69) is 31.3 Å². The van der Waals surface area contributed by atoms with Crippen molar-refractivity contribution in [3.05, 3.63) is 41.1 Å². The molecule has 0 aliphatic carbocycles. The summed E-state index contributed by atoms with van der Waals surface area (Å²) in [6, 6.07) is 7.73. The second kappa shape index (κ2) is 5.09. The average Bonchev–Trinajstić information content (AvgIpc) is 2.95. The highest BCUT2D eigenvalue weighted by Gasteiger charge is 2.11. The molecule has 0 fully saturated rings. The Balaban J connectivity index is 1.79. The van der Waals surface area contributed by atoms with Crippen molar-refractivity contribution in [1.29, 1.82) is 0 Å². The van der Waals surface area contributed by atoms with Crippen molar-refractivity contribution in [1.82, 2.24) is 19.3 Å². The normalized spacial score (nSPS) is 10.9. The molecular weight excluding hydrogens is 322 g/mol. The molecule has 0 aliphatic heterocycles. The third kappa shape index (κ3) is 2.44. The van der Waals surface area contributed by atoms with Gasteiger partial charge in [-0.05, 0) is 28.1 Å². The van der Waals surface area contributed by atoms with Crippen LogP contribution in [0.3, 0.4) is 0 Å². The van der Waals surface area contributed by atoms with Crippen LogP contribution in [0, 0.1) is 0 Å². The molecular formula is C13H12BrN5O. The van der Waals surface area contributed by atoms with Crippen molar-refractivity contribution >= 4 is 38.8 Å². The van der Waals surface area contributed by atoms with Crippen LogP contribution < -0.4 is 5.32 Å². The second-order valence-corrected chi connectivity index (χ2v) is 5.30. The van der Waals surface area contributed by atoms with Gasteiger partial charge in [-0.3, -0.25) is 14.8 Å². The zero-order valence-corrected chi connectivity index (χ0v) is 12.3. The van der Waals surface area contributed by atoms with Crippen molar-refractivity contribution in [2.75, 3.05) is 5.32 Å². The molecule has 0 bridgehead atoms. The summed E-state index contributed by atoms with van der Waals surface area (Å²) in [4.78, 5) is 16.4. The van der Waals surface area contributed by atoms with Crippen molar-refractivity contribution in [3.63, 3.8) is 0 Å². The highest BCUT2D eigenvalue weighted by Crippen LogP contribution is 2.17. The fourth-order valence-corrected chi connectivity index (χ4v) is 2.32. The summed E-state index contributed by atoms with van der Waals surface area (Å²) in [6.07, 6.45) is 3.39. The zero-order chi connectivity index (χ0) is 14.1. The number of nitrogens with one attached hydrogen (secondary N) is 1. The number of amides is 1. The van der Waals surface area contributed by atoms with E-state index in [0.717, 1.165) is 15.5 Å².